The van der Waals surface area contributed by atoms with Crippen molar-refractivity contribution in [2.24, 2.45) is 0 Å². The number of fused-ring (bicyclic) bond motifs is 1. The van der Waals surface area contributed by atoms with Crippen molar-refractivity contribution < 1.29 is 13.5 Å². The van der Waals surface area contributed by atoms with E-state index in [-0.39, 0.29) is 61.0 Å². The number of anilines is 2. The van der Waals surface area contributed by atoms with Crippen LogP contribution in [-0.2, 0) is 6.42 Å². The number of hydrogen-bond donors (Lipinski definition) is 1. The van der Waals surface area contributed by atoms with Crippen LogP contribution in [0.5, 0.6) is 6.01 Å². The molecule has 2 atom stereocenters. The second-order valence-corrected chi connectivity index (χ2v) is 13.9. The van der Waals surface area contributed by atoms with Gasteiger partial charge in [-0.05, 0) is 70.8 Å². The molecular weight excluding hydrogens is 604 g/mol. The second-order valence-electron chi connectivity index (χ2n) is 12.4. The topological polar surface area (TPSA) is 94.5 Å². The average molecular weight is 638 g/mol. The lowest BCUT2D eigenvalue weighted by Crippen LogP contribution is -2.62. The van der Waals surface area contributed by atoms with Crippen LogP contribution in [0, 0.1) is 23.0 Å². The number of benzene rings is 2. The normalized spacial score (nSPS) is 20.1. The number of rotatable bonds is 6. The Hall–Kier alpha value is -3.30. The Morgan fingerprint density at radius 3 is 2.61 bits per heavy atom. The van der Waals surface area contributed by atoms with Gasteiger partial charge in [-0.1, -0.05) is 17.7 Å². The Bertz CT molecular complexity index is 1850. The van der Waals surface area contributed by atoms with E-state index in [1.165, 1.54) is 12.1 Å². The maximum Gasteiger partial charge on any atom is 0.319 e. The van der Waals surface area contributed by atoms with Crippen LogP contribution < -0.4 is 15.4 Å². The van der Waals surface area contributed by atoms with Crippen molar-refractivity contribution in [1.82, 2.24) is 19.8 Å². The highest BCUT2D eigenvalue weighted by Crippen LogP contribution is 2.49. The monoisotopic (exact) mass is 637 g/mol. The summed E-state index contributed by atoms with van der Waals surface area (Å²) in [4.78, 5) is 16.5. The molecule has 4 aromatic rings. The van der Waals surface area contributed by atoms with E-state index in [9.17, 15) is 9.65 Å². The zero-order valence-corrected chi connectivity index (χ0v) is 26.7. The van der Waals surface area contributed by atoms with Gasteiger partial charge >= 0.3 is 6.01 Å². The zero-order valence-electron chi connectivity index (χ0n) is 25.1. The summed E-state index contributed by atoms with van der Waals surface area (Å²) in [6.07, 6.45) is 2.44. The van der Waals surface area contributed by atoms with Crippen LogP contribution in [0.2, 0.25) is 5.02 Å². The number of nitrogen functional groups attached to an aromatic ring is 1. The average Bonchev–Trinajstić information content (AvgIpc) is 3.55. The Morgan fingerprint density at radius 2 is 1.93 bits per heavy atom. The molecule has 0 saturated carbocycles. The van der Waals surface area contributed by atoms with Gasteiger partial charge in [0.15, 0.2) is 5.82 Å². The number of likely N-dealkylation sites (N-methyl/N-ethyl adjacent to an activating group) is 1. The summed E-state index contributed by atoms with van der Waals surface area (Å²) in [7, 11) is 2.08. The summed E-state index contributed by atoms with van der Waals surface area (Å²) >= 11 is 8.05. The number of thiophene rings is 1. The Balaban J connectivity index is 1.43. The predicted octanol–water partition coefficient (Wildman–Crippen LogP) is 6.21. The maximum atomic E-state index is 17.0. The predicted molar refractivity (Wildman–Crippen MR) is 172 cm³/mol. The van der Waals surface area contributed by atoms with Crippen LogP contribution in [0.25, 0.3) is 32.1 Å². The van der Waals surface area contributed by atoms with Crippen molar-refractivity contribution in [1.29, 1.82) is 5.26 Å². The van der Waals surface area contributed by atoms with E-state index in [2.05, 4.69) is 46.6 Å². The highest BCUT2D eigenvalue weighted by Gasteiger charge is 2.39. The van der Waals surface area contributed by atoms with Crippen LogP contribution in [-0.4, -0.2) is 77.2 Å². The van der Waals surface area contributed by atoms with E-state index in [0.717, 1.165) is 49.4 Å². The molecule has 8 nitrogen and oxygen atoms in total. The molecule has 2 fully saturated rings. The molecule has 2 saturated heterocycles. The quantitative estimate of drug-likeness (QED) is 0.267. The number of hydrogen-bond acceptors (Lipinski definition) is 9. The smallest absolute Gasteiger partial charge is 0.319 e. The van der Waals surface area contributed by atoms with Crippen molar-refractivity contribution in [2.45, 2.75) is 64.3 Å². The van der Waals surface area contributed by atoms with Gasteiger partial charge < -0.3 is 15.4 Å². The number of likely N-dealkylation sites (tertiary alicyclic amines) is 2. The minimum Gasteiger partial charge on any atom is -0.459 e. The van der Waals surface area contributed by atoms with Crippen LogP contribution in [0.15, 0.2) is 12.1 Å². The first kappa shape index (κ1) is 29.4. The van der Waals surface area contributed by atoms with Crippen molar-refractivity contribution in [3.05, 3.63) is 39.9 Å². The molecule has 5 heterocycles. The summed E-state index contributed by atoms with van der Waals surface area (Å²) in [5.41, 5.74) is 7.44. The molecule has 7 rings (SSSR count). The molecule has 44 heavy (non-hydrogen) atoms. The summed E-state index contributed by atoms with van der Waals surface area (Å²) in [6, 6.07) is 5.78. The van der Waals surface area contributed by atoms with Crippen molar-refractivity contribution in [3.63, 3.8) is 0 Å². The zero-order chi connectivity index (χ0) is 31.0. The molecule has 2 N–H and O–H groups in total. The Kier molecular flexibility index (Phi) is 7.32. The lowest BCUT2D eigenvalue weighted by molar-refractivity contribution is 0.105. The third-order valence-corrected chi connectivity index (χ3v) is 11.1. The molecule has 0 unspecified atom stereocenters. The SMILES string of the molecule is CC(C)N1CC(N2CCc3c(Cl)c(-c4ccc(F)c5sc(N)c(C#N)c45)c(F)c4nc(O[C@@H](C)[C@@H]5CCCN5C)nc2c34)C1. The van der Waals surface area contributed by atoms with Crippen molar-refractivity contribution in [2.75, 3.05) is 43.9 Å². The van der Waals surface area contributed by atoms with E-state index < -0.39 is 11.6 Å². The van der Waals surface area contributed by atoms with Gasteiger partial charge in [0.1, 0.15) is 34.3 Å². The molecule has 2 aromatic heterocycles. The number of nitriles is 1. The molecule has 3 aliphatic heterocycles. The molecule has 12 heteroatoms. The van der Waals surface area contributed by atoms with Gasteiger partial charge in [0.2, 0.25) is 0 Å². The van der Waals surface area contributed by atoms with Gasteiger partial charge in [0.05, 0.1) is 26.7 Å². The molecule has 3 aliphatic rings. The largest absolute Gasteiger partial charge is 0.459 e. The first-order valence-electron chi connectivity index (χ1n) is 15.1. The number of aromatic nitrogens is 2. The number of nitrogens with zero attached hydrogens (tertiary/aromatic N) is 6. The first-order valence-corrected chi connectivity index (χ1v) is 16.3. The van der Waals surface area contributed by atoms with Crippen LogP contribution in [0.4, 0.5) is 19.6 Å². The maximum absolute atomic E-state index is 17.0. The van der Waals surface area contributed by atoms with Crippen molar-refractivity contribution >= 4 is 54.7 Å². The minimum absolute atomic E-state index is 0.0794. The highest BCUT2D eigenvalue weighted by atomic mass is 35.5. The number of ether oxygens (including phenoxy) is 1. The summed E-state index contributed by atoms with van der Waals surface area (Å²) < 4.78 is 38.5. The number of halogens is 3. The summed E-state index contributed by atoms with van der Waals surface area (Å²) in [5, 5.41) is 11.1. The number of nitrogens with two attached hydrogens (primary N) is 1. The van der Waals surface area contributed by atoms with Gasteiger partial charge in [0, 0.05) is 42.7 Å². The fourth-order valence-electron chi connectivity index (χ4n) is 7.16. The van der Waals surface area contributed by atoms with Crippen LogP contribution in [0.3, 0.4) is 0 Å². The van der Waals surface area contributed by atoms with Gasteiger partial charge in [-0.2, -0.15) is 15.2 Å². The molecule has 0 aliphatic carbocycles. The standard InChI is InChI=1S/C32H34ClF2N7OS/c1-15(2)41-13-17(14-41)42-11-9-19-25-28(38-32(39-31(25)42)43-16(3)22-6-5-10-40(22)4)27(35)24(26(19)33)18-7-8-21(34)29-23(18)20(12-36)30(37)44-29/h7-8,15-17,22H,5-6,9-11,13-14,37H2,1-4H3/t16-,22-/m0/s1. The highest BCUT2D eigenvalue weighted by molar-refractivity contribution is 7.23. The van der Waals surface area contributed by atoms with E-state index in [4.69, 9.17) is 27.1 Å². The van der Waals surface area contributed by atoms with E-state index in [1.54, 1.807) is 0 Å². The lowest BCUT2D eigenvalue weighted by Gasteiger charge is -2.49. The Labute approximate surface area is 264 Å². The molecule has 0 spiro atoms. The molecular formula is C32H34ClF2N7OS. The molecule has 2 aromatic carbocycles. The fourth-order valence-corrected chi connectivity index (χ4v) is 8.48. The summed E-state index contributed by atoms with van der Waals surface area (Å²) in [6.45, 7) is 9.78. The lowest BCUT2D eigenvalue weighted by atomic mass is 9.91. The summed E-state index contributed by atoms with van der Waals surface area (Å²) in [5.74, 6) is -0.562. The van der Waals surface area contributed by atoms with Gasteiger partial charge in [-0.15, -0.1) is 11.3 Å². The van der Waals surface area contributed by atoms with E-state index in [0.29, 0.717) is 35.8 Å². The third kappa shape index (κ3) is 4.49. The molecule has 0 amide bonds. The third-order valence-electron chi connectivity index (χ3n) is 9.63. The Morgan fingerprint density at radius 1 is 1.16 bits per heavy atom. The van der Waals surface area contributed by atoms with E-state index >= 15 is 4.39 Å². The van der Waals surface area contributed by atoms with Crippen LogP contribution in [0.1, 0.15) is 44.7 Å². The molecule has 230 valence electrons. The van der Waals surface area contributed by atoms with Crippen molar-refractivity contribution in [3.8, 4) is 23.2 Å². The van der Waals surface area contributed by atoms with E-state index in [1.807, 2.05) is 6.92 Å². The van der Waals surface area contributed by atoms with Crippen LogP contribution >= 0.6 is 22.9 Å². The first-order chi connectivity index (χ1) is 21.1. The minimum atomic E-state index is -0.659. The molecule has 0 radical (unpaired) electrons. The fraction of sp³-hybridized carbons (Fsp3) is 0.469. The second kappa shape index (κ2) is 10.9. The molecule has 0 bridgehead atoms. The van der Waals surface area contributed by atoms with Gasteiger partial charge in [0.25, 0.3) is 0 Å². The van der Waals surface area contributed by atoms with Gasteiger partial charge in [-0.3, -0.25) is 9.80 Å². The van der Waals surface area contributed by atoms with Gasteiger partial charge in [-0.25, -0.2) is 8.78 Å².